The van der Waals surface area contributed by atoms with E-state index in [2.05, 4.69) is 5.32 Å². The van der Waals surface area contributed by atoms with Gasteiger partial charge in [-0.1, -0.05) is 0 Å². The molecule has 0 spiro atoms. The van der Waals surface area contributed by atoms with E-state index in [-0.39, 0.29) is 11.8 Å². The van der Waals surface area contributed by atoms with Gasteiger partial charge in [-0.05, 0) is 32.9 Å². The highest BCUT2D eigenvalue weighted by Crippen LogP contribution is 2.29. The Balaban J connectivity index is 1.84. The summed E-state index contributed by atoms with van der Waals surface area (Å²) < 4.78 is 0. The second-order valence-electron chi connectivity index (χ2n) is 5.87. The molecule has 0 aromatic rings. The average molecular weight is 268 g/mol. The Morgan fingerprint density at radius 1 is 1.26 bits per heavy atom. The van der Waals surface area contributed by atoms with Crippen LogP contribution < -0.4 is 11.1 Å². The van der Waals surface area contributed by atoms with Crippen LogP contribution >= 0.6 is 0 Å². The SMILES string of the molecule is CC1(C(N)=O)CCN(CC(=O)N2CCCNCC2)C1. The van der Waals surface area contributed by atoms with E-state index in [0.717, 1.165) is 45.6 Å². The fraction of sp³-hybridized carbons (Fsp3) is 0.846. The van der Waals surface area contributed by atoms with Gasteiger partial charge in [0.25, 0.3) is 0 Å². The van der Waals surface area contributed by atoms with Crippen LogP contribution in [0.5, 0.6) is 0 Å². The first-order valence-corrected chi connectivity index (χ1v) is 7.02. The minimum absolute atomic E-state index is 0.164. The van der Waals surface area contributed by atoms with Gasteiger partial charge in [-0.15, -0.1) is 0 Å². The number of carbonyl (C=O) groups excluding carboxylic acids is 2. The molecule has 0 saturated carbocycles. The highest BCUT2D eigenvalue weighted by atomic mass is 16.2. The van der Waals surface area contributed by atoms with Crippen LogP contribution in [0.4, 0.5) is 0 Å². The molecule has 2 rings (SSSR count). The summed E-state index contributed by atoms with van der Waals surface area (Å²) in [5.74, 6) is -0.0983. The number of nitrogens with two attached hydrogens (primary N) is 1. The third-order valence-electron chi connectivity index (χ3n) is 4.20. The molecule has 6 heteroatoms. The number of primary amides is 1. The van der Waals surface area contributed by atoms with Crippen molar-refractivity contribution in [2.24, 2.45) is 11.1 Å². The van der Waals surface area contributed by atoms with Gasteiger partial charge in [-0.25, -0.2) is 0 Å². The van der Waals surface area contributed by atoms with Gasteiger partial charge in [0.1, 0.15) is 0 Å². The van der Waals surface area contributed by atoms with Crippen LogP contribution in [-0.4, -0.2) is 67.4 Å². The van der Waals surface area contributed by atoms with Crippen LogP contribution in [0.15, 0.2) is 0 Å². The van der Waals surface area contributed by atoms with Crippen LogP contribution in [0.3, 0.4) is 0 Å². The minimum Gasteiger partial charge on any atom is -0.369 e. The van der Waals surface area contributed by atoms with Crippen LogP contribution in [0, 0.1) is 5.41 Å². The summed E-state index contributed by atoms with van der Waals surface area (Å²) in [6.07, 6.45) is 1.75. The fourth-order valence-corrected chi connectivity index (χ4v) is 2.78. The predicted molar refractivity (Wildman–Crippen MR) is 72.4 cm³/mol. The van der Waals surface area contributed by atoms with Crippen molar-refractivity contribution >= 4 is 11.8 Å². The van der Waals surface area contributed by atoms with E-state index in [1.54, 1.807) is 0 Å². The topological polar surface area (TPSA) is 78.7 Å². The van der Waals surface area contributed by atoms with Gasteiger partial charge < -0.3 is 16.0 Å². The maximum atomic E-state index is 12.2. The average Bonchev–Trinajstić information content (AvgIpc) is 2.61. The minimum atomic E-state index is -0.472. The molecule has 19 heavy (non-hydrogen) atoms. The lowest BCUT2D eigenvalue weighted by Gasteiger charge is -2.25. The lowest BCUT2D eigenvalue weighted by molar-refractivity contribution is -0.132. The van der Waals surface area contributed by atoms with Crippen molar-refractivity contribution in [3.63, 3.8) is 0 Å². The molecule has 1 atom stereocenters. The maximum Gasteiger partial charge on any atom is 0.236 e. The van der Waals surface area contributed by atoms with Crippen molar-refractivity contribution < 1.29 is 9.59 Å². The molecule has 0 bridgehead atoms. The van der Waals surface area contributed by atoms with Gasteiger partial charge in [0.15, 0.2) is 0 Å². The van der Waals surface area contributed by atoms with Gasteiger partial charge >= 0.3 is 0 Å². The zero-order chi connectivity index (χ0) is 13.9. The number of likely N-dealkylation sites (tertiary alicyclic amines) is 1. The quantitative estimate of drug-likeness (QED) is 0.688. The second-order valence-corrected chi connectivity index (χ2v) is 5.87. The van der Waals surface area contributed by atoms with Crippen molar-refractivity contribution in [2.75, 3.05) is 45.8 Å². The molecule has 1 unspecified atom stereocenters. The summed E-state index contributed by atoms with van der Waals surface area (Å²) in [7, 11) is 0. The molecular weight excluding hydrogens is 244 g/mol. The highest BCUT2D eigenvalue weighted by molar-refractivity contribution is 5.82. The molecular formula is C13H24N4O2. The summed E-state index contributed by atoms with van der Waals surface area (Å²) >= 11 is 0. The zero-order valence-electron chi connectivity index (χ0n) is 11.7. The summed E-state index contributed by atoms with van der Waals surface area (Å²) in [4.78, 5) is 27.6. The number of rotatable bonds is 3. The molecule has 2 saturated heterocycles. The Morgan fingerprint density at radius 2 is 2.05 bits per heavy atom. The lowest BCUT2D eigenvalue weighted by Crippen LogP contribution is -2.43. The second kappa shape index (κ2) is 5.88. The van der Waals surface area contributed by atoms with Crippen molar-refractivity contribution in [3.8, 4) is 0 Å². The number of nitrogens with one attached hydrogen (secondary N) is 1. The molecule has 0 aliphatic carbocycles. The summed E-state index contributed by atoms with van der Waals surface area (Å²) in [6, 6.07) is 0. The largest absolute Gasteiger partial charge is 0.369 e. The van der Waals surface area contributed by atoms with E-state index in [9.17, 15) is 9.59 Å². The van der Waals surface area contributed by atoms with Crippen molar-refractivity contribution in [1.82, 2.24) is 15.1 Å². The number of amides is 2. The summed E-state index contributed by atoms with van der Waals surface area (Å²) in [6.45, 7) is 7.11. The van der Waals surface area contributed by atoms with Crippen molar-refractivity contribution in [3.05, 3.63) is 0 Å². The molecule has 2 fully saturated rings. The molecule has 2 aliphatic rings. The number of carbonyl (C=O) groups is 2. The maximum absolute atomic E-state index is 12.2. The first-order chi connectivity index (χ1) is 9.01. The molecule has 2 aliphatic heterocycles. The first-order valence-electron chi connectivity index (χ1n) is 7.02. The molecule has 2 amide bonds. The fourth-order valence-electron chi connectivity index (χ4n) is 2.78. The molecule has 0 aromatic carbocycles. The van der Waals surface area contributed by atoms with Gasteiger partial charge in [0.2, 0.25) is 11.8 Å². The Bertz CT molecular complexity index is 353. The molecule has 2 heterocycles. The summed E-state index contributed by atoms with van der Waals surface area (Å²) in [5.41, 5.74) is 4.95. The van der Waals surface area contributed by atoms with Gasteiger partial charge in [0.05, 0.1) is 12.0 Å². The Labute approximate surface area is 114 Å². The van der Waals surface area contributed by atoms with E-state index < -0.39 is 5.41 Å². The van der Waals surface area contributed by atoms with E-state index in [1.807, 2.05) is 16.7 Å². The smallest absolute Gasteiger partial charge is 0.236 e. The van der Waals surface area contributed by atoms with Crippen LogP contribution in [0.25, 0.3) is 0 Å². The van der Waals surface area contributed by atoms with Gasteiger partial charge in [-0.2, -0.15) is 0 Å². The number of nitrogens with zero attached hydrogens (tertiary/aromatic N) is 2. The first kappa shape index (κ1) is 14.3. The van der Waals surface area contributed by atoms with Crippen LogP contribution in [0.1, 0.15) is 19.8 Å². The zero-order valence-corrected chi connectivity index (χ0v) is 11.7. The molecule has 3 N–H and O–H groups in total. The standard InChI is InChI=1S/C13H24N4O2/c1-13(12(14)19)3-7-16(10-13)9-11(18)17-6-2-4-15-5-8-17/h15H,2-10H2,1H3,(H2,14,19). The molecule has 108 valence electrons. The van der Waals surface area contributed by atoms with Gasteiger partial charge in [0, 0.05) is 26.2 Å². The van der Waals surface area contributed by atoms with Crippen LogP contribution in [-0.2, 0) is 9.59 Å². The van der Waals surface area contributed by atoms with Crippen molar-refractivity contribution in [1.29, 1.82) is 0 Å². The monoisotopic (exact) mass is 268 g/mol. The van der Waals surface area contributed by atoms with E-state index in [1.165, 1.54) is 0 Å². The molecule has 6 nitrogen and oxygen atoms in total. The molecule has 0 aromatic heterocycles. The van der Waals surface area contributed by atoms with Crippen LogP contribution in [0.2, 0.25) is 0 Å². The summed E-state index contributed by atoms with van der Waals surface area (Å²) in [5, 5.41) is 3.29. The Morgan fingerprint density at radius 3 is 2.74 bits per heavy atom. The lowest BCUT2D eigenvalue weighted by atomic mass is 9.89. The Kier molecular flexibility index (Phi) is 4.42. The third-order valence-corrected chi connectivity index (χ3v) is 4.20. The molecule has 0 radical (unpaired) electrons. The Hall–Kier alpha value is -1.14. The van der Waals surface area contributed by atoms with Crippen molar-refractivity contribution in [2.45, 2.75) is 19.8 Å². The predicted octanol–water partition coefficient (Wildman–Crippen LogP) is -0.994. The normalized spacial score (nSPS) is 29.2. The number of hydrogen-bond donors (Lipinski definition) is 2. The third kappa shape index (κ3) is 3.45. The van der Waals surface area contributed by atoms with E-state index >= 15 is 0 Å². The van der Waals surface area contributed by atoms with Gasteiger partial charge in [-0.3, -0.25) is 14.5 Å². The van der Waals surface area contributed by atoms with E-state index in [0.29, 0.717) is 13.1 Å². The number of hydrogen-bond acceptors (Lipinski definition) is 4. The highest BCUT2D eigenvalue weighted by Gasteiger charge is 2.39. The van der Waals surface area contributed by atoms with E-state index in [4.69, 9.17) is 5.73 Å².